The lowest BCUT2D eigenvalue weighted by Gasteiger charge is -2.32. The quantitative estimate of drug-likeness (QED) is 0.763. The molecular weight excluding hydrogens is 224 g/mol. The maximum absolute atomic E-state index is 11.5. The second-order valence-corrected chi connectivity index (χ2v) is 5.08. The highest BCUT2D eigenvalue weighted by molar-refractivity contribution is 5.94. The Morgan fingerprint density at radius 3 is 2.61 bits per heavy atom. The van der Waals surface area contributed by atoms with Crippen molar-refractivity contribution in [2.45, 2.75) is 51.5 Å². The Labute approximate surface area is 109 Å². The molecule has 0 aromatic carbocycles. The van der Waals surface area contributed by atoms with Crippen LogP contribution in [0.1, 0.15) is 55.9 Å². The monoisotopic (exact) mass is 246 g/mol. The number of hydrogen-bond donors (Lipinski definition) is 0. The van der Waals surface area contributed by atoms with Gasteiger partial charge in [0.2, 0.25) is 0 Å². The normalized spacial score (nSPS) is 16.6. The molecule has 98 valence electrons. The summed E-state index contributed by atoms with van der Waals surface area (Å²) in [5.41, 5.74) is 1.70. The number of anilines is 1. The molecule has 18 heavy (non-hydrogen) atoms. The molecular formula is C15H22N2O. The van der Waals surface area contributed by atoms with Crippen molar-refractivity contribution in [1.82, 2.24) is 4.98 Å². The molecule has 0 unspecified atom stereocenters. The summed E-state index contributed by atoms with van der Waals surface area (Å²) in [6.45, 7) is 1.87. The summed E-state index contributed by atoms with van der Waals surface area (Å²) in [5, 5.41) is 0. The maximum atomic E-state index is 11.5. The Morgan fingerprint density at radius 1 is 1.33 bits per heavy atom. The van der Waals surface area contributed by atoms with Gasteiger partial charge in [0.25, 0.3) is 0 Å². The molecule has 1 saturated carbocycles. The number of carbonyl (C=O) groups is 1. The van der Waals surface area contributed by atoms with E-state index in [0.29, 0.717) is 18.2 Å². The lowest BCUT2D eigenvalue weighted by Crippen LogP contribution is -2.33. The number of hydrogen-bond acceptors (Lipinski definition) is 3. The fraction of sp³-hybridized carbons (Fsp3) is 0.600. The predicted molar refractivity (Wildman–Crippen MR) is 74.1 cm³/mol. The molecule has 0 amide bonds. The van der Waals surface area contributed by atoms with E-state index >= 15 is 0 Å². The molecule has 0 N–H and O–H groups in total. The van der Waals surface area contributed by atoms with Gasteiger partial charge in [-0.15, -0.1) is 0 Å². The minimum atomic E-state index is 0.113. The van der Waals surface area contributed by atoms with Crippen LogP contribution in [0.25, 0.3) is 0 Å². The van der Waals surface area contributed by atoms with Crippen LogP contribution in [0.4, 0.5) is 5.69 Å². The van der Waals surface area contributed by atoms with Crippen molar-refractivity contribution in [3.63, 3.8) is 0 Å². The summed E-state index contributed by atoms with van der Waals surface area (Å²) >= 11 is 0. The molecule has 0 atom stereocenters. The van der Waals surface area contributed by atoms with Gasteiger partial charge in [-0.25, -0.2) is 0 Å². The van der Waals surface area contributed by atoms with Crippen LogP contribution in [0.2, 0.25) is 0 Å². The van der Waals surface area contributed by atoms with E-state index in [2.05, 4.69) is 16.9 Å². The standard InChI is InChI=1S/C15H22N2O/c1-3-15(18)14-10-9-13(11-16-14)17(2)12-7-5-4-6-8-12/h9-12H,3-8H2,1-2H3. The molecule has 0 spiro atoms. The van der Waals surface area contributed by atoms with E-state index in [0.717, 1.165) is 5.69 Å². The average Bonchev–Trinajstić information content (AvgIpc) is 2.47. The number of carbonyl (C=O) groups excluding carboxylic acids is 1. The first-order chi connectivity index (χ1) is 8.72. The van der Waals surface area contributed by atoms with Crippen LogP contribution in [-0.4, -0.2) is 23.9 Å². The van der Waals surface area contributed by atoms with Crippen molar-refractivity contribution >= 4 is 11.5 Å². The SMILES string of the molecule is CCC(=O)c1ccc(N(C)C2CCCCC2)cn1. The summed E-state index contributed by atoms with van der Waals surface area (Å²) in [6.07, 6.45) is 8.91. The van der Waals surface area contributed by atoms with Crippen molar-refractivity contribution in [1.29, 1.82) is 0 Å². The average molecular weight is 246 g/mol. The summed E-state index contributed by atoms with van der Waals surface area (Å²) in [7, 11) is 2.13. The maximum Gasteiger partial charge on any atom is 0.180 e. The molecule has 1 aliphatic rings. The summed E-state index contributed by atoms with van der Waals surface area (Å²) < 4.78 is 0. The molecule has 0 radical (unpaired) electrons. The minimum Gasteiger partial charge on any atom is -0.370 e. The lowest BCUT2D eigenvalue weighted by atomic mass is 9.94. The van der Waals surface area contributed by atoms with E-state index in [4.69, 9.17) is 0 Å². The van der Waals surface area contributed by atoms with Crippen LogP contribution in [-0.2, 0) is 0 Å². The van der Waals surface area contributed by atoms with Crippen molar-refractivity contribution in [3.05, 3.63) is 24.0 Å². The van der Waals surface area contributed by atoms with Gasteiger partial charge >= 0.3 is 0 Å². The number of ketones is 1. The number of rotatable bonds is 4. The number of aromatic nitrogens is 1. The van der Waals surface area contributed by atoms with E-state index in [9.17, 15) is 4.79 Å². The fourth-order valence-corrected chi connectivity index (χ4v) is 2.62. The van der Waals surface area contributed by atoms with Crippen molar-refractivity contribution in [2.24, 2.45) is 0 Å². The Balaban J connectivity index is 2.06. The topological polar surface area (TPSA) is 33.2 Å². The highest BCUT2D eigenvalue weighted by atomic mass is 16.1. The van der Waals surface area contributed by atoms with Gasteiger partial charge < -0.3 is 4.90 Å². The Morgan fingerprint density at radius 2 is 2.06 bits per heavy atom. The summed E-state index contributed by atoms with van der Waals surface area (Å²) in [4.78, 5) is 18.1. The van der Waals surface area contributed by atoms with Crippen LogP contribution in [0.3, 0.4) is 0 Å². The van der Waals surface area contributed by atoms with Gasteiger partial charge in [0.1, 0.15) is 5.69 Å². The van der Waals surface area contributed by atoms with E-state index in [1.807, 2.05) is 25.3 Å². The third-order valence-electron chi connectivity index (χ3n) is 3.88. The molecule has 1 heterocycles. The summed E-state index contributed by atoms with van der Waals surface area (Å²) in [6, 6.07) is 4.50. The molecule has 3 heteroatoms. The van der Waals surface area contributed by atoms with Crippen molar-refractivity contribution < 1.29 is 4.79 Å². The van der Waals surface area contributed by atoms with Gasteiger partial charge in [0.05, 0.1) is 11.9 Å². The molecule has 0 aliphatic heterocycles. The molecule has 3 nitrogen and oxygen atoms in total. The minimum absolute atomic E-state index is 0.113. The van der Waals surface area contributed by atoms with Crippen LogP contribution in [0.15, 0.2) is 18.3 Å². The Kier molecular flexibility index (Phi) is 4.34. The third-order valence-corrected chi connectivity index (χ3v) is 3.88. The largest absolute Gasteiger partial charge is 0.370 e. The summed E-state index contributed by atoms with van der Waals surface area (Å²) in [5.74, 6) is 0.113. The molecule has 1 aromatic rings. The van der Waals surface area contributed by atoms with Gasteiger partial charge in [-0.1, -0.05) is 26.2 Å². The number of pyridine rings is 1. The van der Waals surface area contributed by atoms with Gasteiger partial charge in [-0.2, -0.15) is 0 Å². The van der Waals surface area contributed by atoms with E-state index in [1.54, 1.807) is 0 Å². The van der Waals surface area contributed by atoms with E-state index < -0.39 is 0 Å². The lowest BCUT2D eigenvalue weighted by molar-refractivity contribution is 0.0983. The van der Waals surface area contributed by atoms with E-state index in [1.165, 1.54) is 32.1 Å². The smallest absolute Gasteiger partial charge is 0.180 e. The zero-order valence-corrected chi connectivity index (χ0v) is 11.4. The van der Waals surface area contributed by atoms with E-state index in [-0.39, 0.29) is 5.78 Å². The Bertz CT molecular complexity index is 393. The molecule has 2 rings (SSSR count). The van der Waals surface area contributed by atoms with Gasteiger partial charge in [-0.3, -0.25) is 9.78 Å². The van der Waals surface area contributed by atoms with Crippen molar-refractivity contribution in [2.75, 3.05) is 11.9 Å². The zero-order valence-electron chi connectivity index (χ0n) is 11.4. The molecule has 1 aromatic heterocycles. The highest BCUT2D eigenvalue weighted by Crippen LogP contribution is 2.25. The van der Waals surface area contributed by atoms with Gasteiger partial charge in [-0.05, 0) is 25.0 Å². The van der Waals surface area contributed by atoms with Crippen LogP contribution < -0.4 is 4.90 Å². The zero-order chi connectivity index (χ0) is 13.0. The first-order valence-electron chi connectivity index (χ1n) is 6.94. The van der Waals surface area contributed by atoms with Crippen LogP contribution in [0, 0.1) is 0 Å². The number of nitrogens with zero attached hydrogens (tertiary/aromatic N) is 2. The van der Waals surface area contributed by atoms with Gasteiger partial charge in [0, 0.05) is 19.5 Å². The third kappa shape index (κ3) is 2.89. The predicted octanol–water partition coefficient (Wildman–Crippen LogP) is 3.44. The molecule has 1 aliphatic carbocycles. The van der Waals surface area contributed by atoms with Crippen LogP contribution in [0.5, 0.6) is 0 Å². The second kappa shape index (κ2) is 5.98. The highest BCUT2D eigenvalue weighted by Gasteiger charge is 2.18. The Hall–Kier alpha value is -1.38. The molecule has 0 bridgehead atoms. The fourth-order valence-electron chi connectivity index (χ4n) is 2.62. The molecule has 0 saturated heterocycles. The molecule has 1 fully saturated rings. The first kappa shape index (κ1) is 13.1. The first-order valence-corrected chi connectivity index (χ1v) is 6.94. The number of Topliss-reactive ketones (excluding diaryl/α,β-unsaturated/α-hetero) is 1. The van der Waals surface area contributed by atoms with Crippen molar-refractivity contribution in [3.8, 4) is 0 Å². The second-order valence-electron chi connectivity index (χ2n) is 5.08. The van der Waals surface area contributed by atoms with Crippen LogP contribution >= 0.6 is 0 Å². The van der Waals surface area contributed by atoms with Gasteiger partial charge in [0.15, 0.2) is 5.78 Å².